The molecule has 0 aromatic heterocycles. The predicted molar refractivity (Wildman–Crippen MR) is 107 cm³/mol. The molecule has 1 N–H and O–H groups in total. The van der Waals surface area contributed by atoms with E-state index in [1.54, 1.807) is 29.2 Å². The topological polar surface area (TPSA) is 67.9 Å². The number of halogens is 3. The van der Waals surface area contributed by atoms with Crippen LogP contribution in [0.15, 0.2) is 48.5 Å². The molecule has 0 spiro atoms. The number of benzene rings is 2. The SMILES string of the molecule is CCOc1ccc(C(=O)N2CCC(NC(=O)c3ccc(OC(F)(F)F)cc3)CC2)cc1. The molecule has 1 saturated heterocycles. The molecule has 1 aliphatic heterocycles. The fraction of sp³-hybridized carbons (Fsp3) is 0.364. The highest BCUT2D eigenvalue weighted by atomic mass is 19.4. The number of amides is 2. The average Bonchev–Trinajstić information content (AvgIpc) is 2.74. The van der Waals surface area contributed by atoms with E-state index in [1.807, 2.05) is 6.92 Å². The minimum absolute atomic E-state index is 0.0759. The molecule has 2 aromatic rings. The standard InChI is InChI=1S/C22H23F3N2O4/c1-2-30-18-7-5-16(6-8-18)21(29)27-13-11-17(12-14-27)26-20(28)15-3-9-19(10-4-15)31-22(23,24)25/h3-10,17H,2,11-14H2,1H3,(H,26,28). The number of piperidine rings is 1. The number of nitrogens with one attached hydrogen (secondary N) is 1. The first-order valence-electron chi connectivity index (χ1n) is 9.94. The molecule has 0 saturated carbocycles. The van der Waals surface area contributed by atoms with Crippen LogP contribution in [0.5, 0.6) is 11.5 Å². The van der Waals surface area contributed by atoms with Crippen molar-refractivity contribution < 1.29 is 32.2 Å². The van der Waals surface area contributed by atoms with Gasteiger partial charge in [0.25, 0.3) is 11.8 Å². The molecule has 0 radical (unpaired) electrons. The molecule has 31 heavy (non-hydrogen) atoms. The Hall–Kier alpha value is -3.23. The lowest BCUT2D eigenvalue weighted by Gasteiger charge is -2.32. The van der Waals surface area contributed by atoms with Crippen molar-refractivity contribution >= 4 is 11.8 Å². The van der Waals surface area contributed by atoms with Crippen LogP contribution in [0.2, 0.25) is 0 Å². The summed E-state index contributed by atoms with van der Waals surface area (Å²) < 4.78 is 45.8. The normalized spacial score (nSPS) is 14.8. The Bertz CT molecular complexity index is 890. The van der Waals surface area contributed by atoms with Crippen LogP contribution in [-0.4, -0.2) is 48.8 Å². The van der Waals surface area contributed by atoms with Crippen LogP contribution < -0.4 is 14.8 Å². The minimum atomic E-state index is -4.78. The largest absolute Gasteiger partial charge is 0.573 e. The summed E-state index contributed by atoms with van der Waals surface area (Å²) >= 11 is 0. The Labute approximate surface area is 177 Å². The van der Waals surface area contributed by atoms with E-state index in [0.717, 1.165) is 12.1 Å². The molecule has 2 aromatic carbocycles. The fourth-order valence-electron chi connectivity index (χ4n) is 3.35. The Kier molecular flexibility index (Phi) is 7.04. The summed E-state index contributed by atoms with van der Waals surface area (Å²) in [6.45, 7) is 3.43. The quantitative estimate of drug-likeness (QED) is 0.743. The summed E-state index contributed by atoms with van der Waals surface area (Å²) in [5.41, 5.74) is 0.814. The molecule has 0 bridgehead atoms. The van der Waals surface area contributed by atoms with Gasteiger partial charge in [-0.15, -0.1) is 13.2 Å². The van der Waals surface area contributed by atoms with E-state index in [4.69, 9.17) is 4.74 Å². The molecule has 0 aliphatic carbocycles. The van der Waals surface area contributed by atoms with Gasteiger partial charge in [-0.2, -0.15) is 0 Å². The number of carbonyl (C=O) groups is 2. The van der Waals surface area contributed by atoms with Crippen molar-refractivity contribution in [3.8, 4) is 11.5 Å². The van der Waals surface area contributed by atoms with Gasteiger partial charge in [-0.25, -0.2) is 0 Å². The van der Waals surface area contributed by atoms with Gasteiger partial charge in [0.15, 0.2) is 0 Å². The van der Waals surface area contributed by atoms with Crippen LogP contribution in [0, 0.1) is 0 Å². The molecule has 2 amide bonds. The van der Waals surface area contributed by atoms with Gasteiger partial charge >= 0.3 is 6.36 Å². The summed E-state index contributed by atoms with van der Waals surface area (Å²) in [6, 6.07) is 11.6. The molecule has 6 nitrogen and oxygen atoms in total. The number of likely N-dealkylation sites (tertiary alicyclic amines) is 1. The van der Waals surface area contributed by atoms with Gasteiger partial charge < -0.3 is 19.7 Å². The Balaban J connectivity index is 1.49. The van der Waals surface area contributed by atoms with E-state index in [1.165, 1.54) is 12.1 Å². The molecule has 1 fully saturated rings. The van der Waals surface area contributed by atoms with Crippen LogP contribution in [-0.2, 0) is 0 Å². The highest BCUT2D eigenvalue weighted by Gasteiger charge is 2.31. The molecule has 9 heteroatoms. The second kappa shape index (κ2) is 9.72. The summed E-state index contributed by atoms with van der Waals surface area (Å²) in [5.74, 6) is -0.133. The van der Waals surface area contributed by atoms with Crippen LogP contribution in [0.1, 0.15) is 40.5 Å². The van der Waals surface area contributed by atoms with Crippen LogP contribution in [0.3, 0.4) is 0 Å². The molecule has 3 rings (SSSR count). The maximum atomic E-state index is 12.7. The molecule has 0 unspecified atom stereocenters. The van der Waals surface area contributed by atoms with E-state index in [9.17, 15) is 22.8 Å². The second-order valence-corrected chi connectivity index (χ2v) is 7.07. The lowest BCUT2D eigenvalue weighted by molar-refractivity contribution is -0.274. The van der Waals surface area contributed by atoms with Crippen molar-refractivity contribution in [3.05, 3.63) is 59.7 Å². The van der Waals surface area contributed by atoms with E-state index >= 15 is 0 Å². The monoisotopic (exact) mass is 436 g/mol. The van der Waals surface area contributed by atoms with Gasteiger partial charge in [0.05, 0.1) is 6.61 Å². The third-order valence-electron chi connectivity index (χ3n) is 4.88. The zero-order chi connectivity index (χ0) is 22.4. The van der Waals surface area contributed by atoms with E-state index in [-0.39, 0.29) is 29.2 Å². The van der Waals surface area contributed by atoms with Gasteiger partial charge in [0.2, 0.25) is 0 Å². The lowest BCUT2D eigenvalue weighted by Crippen LogP contribution is -2.46. The van der Waals surface area contributed by atoms with Crippen molar-refractivity contribution in [2.24, 2.45) is 0 Å². The molecule has 1 aliphatic rings. The highest BCUT2D eigenvalue weighted by Crippen LogP contribution is 2.23. The van der Waals surface area contributed by atoms with E-state index < -0.39 is 6.36 Å². The first-order valence-corrected chi connectivity index (χ1v) is 9.94. The van der Waals surface area contributed by atoms with Gasteiger partial charge in [-0.05, 0) is 68.3 Å². The van der Waals surface area contributed by atoms with Gasteiger partial charge in [0, 0.05) is 30.3 Å². The highest BCUT2D eigenvalue weighted by molar-refractivity contribution is 5.95. The van der Waals surface area contributed by atoms with Crippen molar-refractivity contribution in [2.45, 2.75) is 32.2 Å². The van der Waals surface area contributed by atoms with Gasteiger partial charge in [0.1, 0.15) is 11.5 Å². The van der Waals surface area contributed by atoms with Gasteiger partial charge in [-0.3, -0.25) is 9.59 Å². The zero-order valence-corrected chi connectivity index (χ0v) is 16.9. The lowest BCUT2D eigenvalue weighted by atomic mass is 10.0. The first-order chi connectivity index (χ1) is 14.7. The maximum absolute atomic E-state index is 12.7. The Morgan fingerprint density at radius 1 is 0.968 bits per heavy atom. The minimum Gasteiger partial charge on any atom is -0.494 e. The summed E-state index contributed by atoms with van der Waals surface area (Å²) in [4.78, 5) is 26.8. The number of ether oxygens (including phenoxy) is 2. The zero-order valence-electron chi connectivity index (χ0n) is 16.9. The number of hydrogen-bond donors (Lipinski definition) is 1. The molecule has 0 atom stereocenters. The number of alkyl halides is 3. The number of nitrogens with zero attached hydrogens (tertiary/aromatic N) is 1. The number of hydrogen-bond acceptors (Lipinski definition) is 4. The molecule has 1 heterocycles. The third-order valence-corrected chi connectivity index (χ3v) is 4.88. The molecule has 166 valence electrons. The Morgan fingerprint density at radius 3 is 2.06 bits per heavy atom. The van der Waals surface area contributed by atoms with Crippen molar-refractivity contribution in [1.29, 1.82) is 0 Å². The maximum Gasteiger partial charge on any atom is 0.573 e. The first kappa shape index (κ1) is 22.5. The second-order valence-electron chi connectivity index (χ2n) is 7.07. The van der Waals surface area contributed by atoms with Crippen LogP contribution in [0.4, 0.5) is 13.2 Å². The summed E-state index contributed by atoms with van der Waals surface area (Å²) in [7, 11) is 0. The van der Waals surface area contributed by atoms with E-state index in [2.05, 4.69) is 10.1 Å². The van der Waals surface area contributed by atoms with E-state index in [0.29, 0.717) is 43.9 Å². The molecular weight excluding hydrogens is 413 g/mol. The third kappa shape index (κ3) is 6.37. The summed E-state index contributed by atoms with van der Waals surface area (Å²) in [5, 5.41) is 2.87. The Morgan fingerprint density at radius 2 is 1.52 bits per heavy atom. The number of carbonyl (C=O) groups excluding carboxylic acids is 2. The van der Waals surface area contributed by atoms with Crippen LogP contribution in [0.25, 0.3) is 0 Å². The van der Waals surface area contributed by atoms with Crippen molar-refractivity contribution in [2.75, 3.05) is 19.7 Å². The predicted octanol–water partition coefficient (Wildman–Crippen LogP) is 4.02. The fourth-order valence-corrected chi connectivity index (χ4v) is 3.35. The van der Waals surface area contributed by atoms with Crippen molar-refractivity contribution in [1.82, 2.24) is 10.2 Å². The summed E-state index contributed by atoms with van der Waals surface area (Å²) in [6.07, 6.45) is -3.60. The average molecular weight is 436 g/mol. The molecular formula is C22H23F3N2O4. The smallest absolute Gasteiger partial charge is 0.494 e. The van der Waals surface area contributed by atoms with Crippen molar-refractivity contribution in [3.63, 3.8) is 0 Å². The van der Waals surface area contributed by atoms with Crippen LogP contribution >= 0.6 is 0 Å². The van der Waals surface area contributed by atoms with Gasteiger partial charge in [-0.1, -0.05) is 0 Å². The number of rotatable bonds is 6.